The van der Waals surface area contributed by atoms with Gasteiger partial charge in [0.2, 0.25) is 0 Å². The van der Waals surface area contributed by atoms with E-state index in [1.54, 1.807) is 23.7 Å². The van der Waals surface area contributed by atoms with Crippen molar-refractivity contribution in [3.8, 4) is 11.4 Å². The van der Waals surface area contributed by atoms with Crippen molar-refractivity contribution in [2.24, 2.45) is 0 Å². The fourth-order valence-electron chi connectivity index (χ4n) is 2.99. The molecule has 3 aromatic rings. The Kier molecular flexibility index (Phi) is 5.15. The average molecular weight is 387 g/mol. The van der Waals surface area contributed by atoms with Gasteiger partial charge in [0.15, 0.2) is 5.82 Å². The summed E-state index contributed by atoms with van der Waals surface area (Å²) in [5.41, 5.74) is 2.01. The highest BCUT2D eigenvalue weighted by molar-refractivity contribution is 7.16. The summed E-state index contributed by atoms with van der Waals surface area (Å²) in [4.78, 5) is 17.0. The maximum Gasteiger partial charge on any atom is 0.161 e. The molecule has 3 aromatic heterocycles. The second-order valence-corrected chi connectivity index (χ2v) is 7.82. The third kappa shape index (κ3) is 3.72. The summed E-state index contributed by atoms with van der Waals surface area (Å²) in [5, 5.41) is 0. The largest absolute Gasteiger partial charge is 0.369 e. The number of anilines is 1. The molecule has 1 fully saturated rings. The van der Waals surface area contributed by atoms with Gasteiger partial charge in [-0.3, -0.25) is 4.98 Å². The molecule has 0 radical (unpaired) electrons. The Morgan fingerprint density at radius 1 is 1.23 bits per heavy atom. The van der Waals surface area contributed by atoms with Crippen LogP contribution in [-0.2, 0) is 11.2 Å². The number of aromatic nitrogens is 3. The smallest absolute Gasteiger partial charge is 0.161 e. The SMILES string of the molecule is CCc1cc(N2CCO[C@@H](c3ccc(Cl)s3)C2)nc(-c2ccncc2)n1. The summed E-state index contributed by atoms with van der Waals surface area (Å²) >= 11 is 7.66. The monoisotopic (exact) mass is 386 g/mol. The van der Waals surface area contributed by atoms with Gasteiger partial charge in [0.1, 0.15) is 11.9 Å². The van der Waals surface area contributed by atoms with Crippen LogP contribution >= 0.6 is 22.9 Å². The van der Waals surface area contributed by atoms with Crippen molar-refractivity contribution in [2.75, 3.05) is 24.6 Å². The third-order valence-electron chi connectivity index (χ3n) is 4.37. The zero-order valence-electron chi connectivity index (χ0n) is 14.4. The van der Waals surface area contributed by atoms with Crippen molar-refractivity contribution in [2.45, 2.75) is 19.4 Å². The molecule has 4 rings (SSSR count). The molecule has 0 spiro atoms. The van der Waals surface area contributed by atoms with Crippen molar-refractivity contribution in [1.82, 2.24) is 15.0 Å². The molecule has 0 aromatic carbocycles. The molecule has 26 heavy (non-hydrogen) atoms. The van der Waals surface area contributed by atoms with Gasteiger partial charge in [-0.1, -0.05) is 18.5 Å². The number of thiophene rings is 1. The van der Waals surface area contributed by atoms with E-state index in [0.29, 0.717) is 6.61 Å². The van der Waals surface area contributed by atoms with Crippen molar-refractivity contribution >= 4 is 28.8 Å². The standard InChI is InChI=1S/C19H19ClN4OS/c1-2-14-11-18(23-19(22-14)13-5-7-21-8-6-13)24-9-10-25-15(12-24)16-3-4-17(20)26-16/h3-8,11,15H,2,9-10,12H2,1H3/t15-/m1/s1. The highest BCUT2D eigenvalue weighted by atomic mass is 35.5. The van der Waals surface area contributed by atoms with Crippen molar-refractivity contribution in [1.29, 1.82) is 0 Å². The Morgan fingerprint density at radius 2 is 2.08 bits per heavy atom. The van der Waals surface area contributed by atoms with Crippen molar-refractivity contribution in [3.63, 3.8) is 0 Å². The van der Waals surface area contributed by atoms with E-state index in [1.807, 2.05) is 24.3 Å². The normalized spacial score (nSPS) is 17.5. The Balaban J connectivity index is 1.64. The molecule has 0 saturated carbocycles. The molecule has 1 atom stereocenters. The average Bonchev–Trinajstić information content (AvgIpc) is 3.15. The van der Waals surface area contributed by atoms with E-state index >= 15 is 0 Å². The van der Waals surface area contributed by atoms with Gasteiger partial charge in [-0.25, -0.2) is 9.97 Å². The maximum absolute atomic E-state index is 6.08. The van der Waals surface area contributed by atoms with Gasteiger partial charge in [0, 0.05) is 41.1 Å². The fourth-order valence-corrected chi connectivity index (χ4v) is 4.09. The molecule has 7 heteroatoms. The van der Waals surface area contributed by atoms with E-state index in [0.717, 1.165) is 51.6 Å². The molecule has 0 aliphatic carbocycles. The first-order chi connectivity index (χ1) is 12.7. The molecule has 5 nitrogen and oxygen atoms in total. The van der Waals surface area contributed by atoms with Gasteiger partial charge in [-0.05, 0) is 30.7 Å². The first kappa shape index (κ1) is 17.4. The first-order valence-corrected chi connectivity index (χ1v) is 9.82. The van der Waals surface area contributed by atoms with Crippen molar-refractivity contribution < 1.29 is 4.74 Å². The zero-order chi connectivity index (χ0) is 17.9. The second kappa shape index (κ2) is 7.70. The molecule has 134 valence electrons. The van der Waals surface area contributed by atoms with Crippen LogP contribution in [-0.4, -0.2) is 34.6 Å². The number of morpholine rings is 1. The lowest BCUT2D eigenvalue weighted by Crippen LogP contribution is -2.38. The Hall–Kier alpha value is -2.02. The van der Waals surface area contributed by atoms with Gasteiger partial charge < -0.3 is 9.64 Å². The van der Waals surface area contributed by atoms with E-state index in [4.69, 9.17) is 21.3 Å². The Labute approximate surface area is 161 Å². The molecule has 1 aliphatic rings. The quantitative estimate of drug-likeness (QED) is 0.665. The number of pyridine rings is 1. The van der Waals surface area contributed by atoms with Crippen LogP contribution in [0.4, 0.5) is 5.82 Å². The predicted molar refractivity (Wildman–Crippen MR) is 105 cm³/mol. The summed E-state index contributed by atoms with van der Waals surface area (Å²) in [7, 11) is 0. The topological polar surface area (TPSA) is 51.1 Å². The van der Waals surface area contributed by atoms with E-state index < -0.39 is 0 Å². The van der Waals surface area contributed by atoms with E-state index in [1.165, 1.54) is 0 Å². The molecular weight excluding hydrogens is 368 g/mol. The van der Waals surface area contributed by atoms with E-state index in [9.17, 15) is 0 Å². The summed E-state index contributed by atoms with van der Waals surface area (Å²) in [6, 6.07) is 9.92. The summed E-state index contributed by atoms with van der Waals surface area (Å²) in [5.74, 6) is 1.68. The summed E-state index contributed by atoms with van der Waals surface area (Å²) in [6.07, 6.45) is 4.41. The number of hydrogen-bond donors (Lipinski definition) is 0. The second-order valence-electron chi connectivity index (χ2n) is 6.08. The lowest BCUT2D eigenvalue weighted by Gasteiger charge is -2.33. The Morgan fingerprint density at radius 3 is 2.81 bits per heavy atom. The number of rotatable bonds is 4. The minimum atomic E-state index is 0.0191. The number of aryl methyl sites for hydroxylation is 1. The number of hydrogen-bond acceptors (Lipinski definition) is 6. The minimum absolute atomic E-state index is 0.0191. The lowest BCUT2D eigenvalue weighted by atomic mass is 10.2. The minimum Gasteiger partial charge on any atom is -0.369 e. The van der Waals surface area contributed by atoms with E-state index in [-0.39, 0.29) is 6.10 Å². The van der Waals surface area contributed by atoms with Gasteiger partial charge >= 0.3 is 0 Å². The molecule has 4 heterocycles. The van der Waals surface area contributed by atoms with Crippen molar-refractivity contribution in [3.05, 3.63) is 57.6 Å². The molecular formula is C19H19ClN4OS. The van der Waals surface area contributed by atoms with Crippen LogP contribution in [0.2, 0.25) is 4.34 Å². The van der Waals surface area contributed by atoms with Crippen LogP contribution in [0.5, 0.6) is 0 Å². The summed E-state index contributed by atoms with van der Waals surface area (Å²) < 4.78 is 6.75. The molecule has 1 aliphatic heterocycles. The lowest BCUT2D eigenvalue weighted by molar-refractivity contribution is 0.0418. The molecule has 0 N–H and O–H groups in total. The maximum atomic E-state index is 6.08. The highest BCUT2D eigenvalue weighted by Gasteiger charge is 2.25. The fraction of sp³-hybridized carbons (Fsp3) is 0.316. The van der Waals surface area contributed by atoms with E-state index in [2.05, 4.69) is 27.9 Å². The van der Waals surface area contributed by atoms with Crippen LogP contribution in [0, 0.1) is 0 Å². The molecule has 0 bridgehead atoms. The highest BCUT2D eigenvalue weighted by Crippen LogP contribution is 2.32. The Bertz CT molecular complexity index is 886. The van der Waals surface area contributed by atoms with Crippen LogP contribution in [0.15, 0.2) is 42.7 Å². The van der Waals surface area contributed by atoms with Crippen LogP contribution in [0.1, 0.15) is 23.6 Å². The van der Waals surface area contributed by atoms with Crippen LogP contribution in [0.3, 0.4) is 0 Å². The number of halogens is 1. The van der Waals surface area contributed by atoms with Crippen LogP contribution in [0.25, 0.3) is 11.4 Å². The summed E-state index contributed by atoms with van der Waals surface area (Å²) in [6.45, 7) is 4.34. The van der Waals surface area contributed by atoms with Gasteiger partial charge in [0.05, 0.1) is 17.5 Å². The number of ether oxygens (including phenoxy) is 1. The predicted octanol–water partition coefficient (Wildman–Crippen LogP) is 4.39. The van der Waals surface area contributed by atoms with Gasteiger partial charge in [-0.15, -0.1) is 11.3 Å². The number of nitrogens with zero attached hydrogens (tertiary/aromatic N) is 4. The molecule has 0 amide bonds. The van der Waals surface area contributed by atoms with Crippen LogP contribution < -0.4 is 4.90 Å². The molecule has 1 saturated heterocycles. The van der Waals surface area contributed by atoms with Gasteiger partial charge in [-0.2, -0.15) is 0 Å². The van der Waals surface area contributed by atoms with Gasteiger partial charge in [0.25, 0.3) is 0 Å². The zero-order valence-corrected chi connectivity index (χ0v) is 16.0. The third-order valence-corrected chi connectivity index (χ3v) is 5.69. The first-order valence-electron chi connectivity index (χ1n) is 8.63. The molecule has 0 unspecified atom stereocenters.